The highest BCUT2D eigenvalue weighted by Crippen LogP contribution is 2.51. The maximum absolute atomic E-state index is 13.2. The van der Waals surface area contributed by atoms with Gasteiger partial charge in [0, 0.05) is 19.3 Å². The first-order valence-electron chi connectivity index (χ1n) is 8.63. The molecule has 1 aromatic rings. The second-order valence-electron chi connectivity index (χ2n) is 7.02. The minimum atomic E-state index is -1.16. The molecule has 3 rings (SSSR count). The molecule has 0 amide bonds. The number of rotatable bonds is 4. The Morgan fingerprint density at radius 3 is 2.19 bits per heavy atom. The number of Topliss-reactive ketones (excluding diaryl/α,β-unsaturated/α-hetero) is 3. The summed E-state index contributed by atoms with van der Waals surface area (Å²) in [7, 11) is 3.03. The van der Waals surface area contributed by atoms with E-state index in [1.165, 1.54) is 14.2 Å². The Morgan fingerprint density at radius 1 is 1.00 bits per heavy atom. The van der Waals surface area contributed by atoms with Gasteiger partial charge in [-0.2, -0.15) is 5.26 Å². The molecule has 2 aliphatic rings. The molecule has 1 spiro atoms. The predicted molar refractivity (Wildman–Crippen MR) is 92.0 cm³/mol. The van der Waals surface area contributed by atoms with Gasteiger partial charge in [-0.1, -0.05) is 6.07 Å². The van der Waals surface area contributed by atoms with Crippen LogP contribution in [0.15, 0.2) is 18.2 Å². The molecule has 0 aromatic heterocycles. The zero-order chi connectivity index (χ0) is 18.9. The van der Waals surface area contributed by atoms with Crippen LogP contribution in [0, 0.1) is 16.7 Å². The molecular weight excluding hydrogens is 334 g/mol. The number of ketones is 3. The van der Waals surface area contributed by atoms with E-state index in [0.717, 1.165) is 0 Å². The molecule has 2 saturated carbocycles. The Morgan fingerprint density at radius 2 is 1.65 bits per heavy atom. The van der Waals surface area contributed by atoms with Crippen LogP contribution in [0.5, 0.6) is 11.5 Å². The van der Waals surface area contributed by atoms with Crippen LogP contribution in [0.4, 0.5) is 0 Å². The van der Waals surface area contributed by atoms with Crippen molar-refractivity contribution in [1.82, 2.24) is 0 Å². The molecule has 136 valence electrons. The average molecular weight is 355 g/mol. The highest BCUT2D eigenvalue weighted by molar-refractivity contribution is 6.16. The molecule has 0 saturated heterocycles. The van der Waals surface area contributed by atoms with Crippen LogP contribution in [0.2, 0.25) is 0 Å². The van der Waals surface area contributed by atoms with Crippen LogP contribution in [0.25, 0.3) is 0 Å². The van der Waals surface area contributed by atoms with Crippen LogP contribution >= 0.6 is 0 Å². The third kappa shape index (κ3) is 2.50. The Kier molecular flexibility index (Phi) is 4.57. The van der Waals surface area contributed by atoms with Gasteiger partial charge in [0.1, 0.15) is 17.3 Å². The molecule has 26 heavy (non-hydrogen) atoms. The third-order valence-electron chi connectivity index (χ3n) is 5.94. The standard InChI is InChI=1S/C20H21NO5/c1-25-14-4-3-13(11-15(14)26-2)19(9-10-21)7-8-20(12-18(19)24)16(22)5-6-17(20)23/h3-4,11H,5-9,12H2,1-2H3. The summed E-state index contributed by atoms with van der Waals surface area (Å²) < 4.78 is 10.6. The summed E-state index contributed by atoms with van der Waals surface area (Å²) in [5, 5.41) is 9.36. The van der Waals surface area contributed by atoms with E-state index < -0.39 is 10.8 Å². The third-order valence-corrected chi connectivity index (χ3v) is 5.94. The van der Waals surface area contributed by atoms with Gasteiger partial charge < -0.3 is 9.47 Å². The number of carbonyl (C=O) groups excluding carboxylic acids is 3. The van der Waals surface area contributed by atoms with E-state index in [0.29, 0.717) is 29.9 Å². The van der Waals surface area contributed by atoms with Crippen molar-refractivity contribution in [3.8, 4) is 17.6 Å². The number of nitriles is 1. The van der Waals surface area contributed by atoms with Crippen molar-refractivity contribution in [3.05, 3.63) is 23.8 Å². The van der Waals surface area contributed by atoms with Gasteiger partial charge in [-0.3, -0.25) is 14.4 Å². The summed E-state index contributed by atoms with van der Waals surface area (Å²) in [5.74, 6) is 0.524. The van der Waals surface area contributed by atoms with E-state index in [9.17, 15) is 19.6 Å². The fraction of sp³-hybridized carbons (Fsp3) is 0.500. The molecule has 6 nitrogen and oxygen atoms in total. The van der Waals surface area contributed by atoms with E-state index in [2.05, 4.69) is 6.07 Å². The van der Waals surface area contributed by atoms with Gasteiger partial charge in [-0.15, -0.1) is 0 Å². The maximum Gasteiger partial charge on any atom is 0.161 e. The molecule has 0 aliphatic heterocycles. The molecular formula is C20H21NO5. The molecule has 1 atom stereocenters. The number of hydrogen-bond donors (Lipinski definition) is 0. The van der Waals surface area contributed by atoms with E-state index >= 15 is 0 Å². The summed E-state index contributed by atoms with van der Waals surface area (Å²) in [6, 6.07) is 7.29. The Hall–Kier alpha value is -2.68. The van der Waals surface area contributed by atoms with Gasteiger partial charge in [-0.25, -0.2) is 0 Å². The molecule has 0 N–H and O–H groups in total. The highest BCUT2D eigenvalue weighted by atomic mass is 16.5. The SMILES string of the molecule is COc1ccc(C2(CC#N)CCC3(CC2=O)C(=O)CCC3=O)cc1OC. The lowest BCUT2D eigenvalue weighted by Gasteiger charge is -2.41. The molecule has 6 heteroatoms. The van der Waals surface area contributed by atoms with Crippen molar-refractivity contribution in [2.24, 2.45) is 5.41 Å². The minimum absolute atomic E-state index is 0.000221. The van der Waals surface area contributed by atoms with Crippen molar-refractivity contribution in [2.75, 3.05) is 14.2 Å². The average Bonchev–Trinajstić information content (AvgIpc) is 2.92. The molecule has 2 fully saturated rings. The lowest BCUT2D eigenvalue weighted by Crippen LogP contribution is -2.49. The summed E-state index contributed by atoms with van der Waals surface area (Å²) >= 11 is 0. The number of nitrogens with zero attached hydrogens (tertiary/aromatic N) is 1. The second-order valence-corrected chi connectivity index (χ2v) is 7.02. The van der Waals surface area contributed by atoms with Crippen molar-refractivity contribution in [2.45, 2.75) is 43.9 Å². The zero-order valence-electron chi connectivity index (χ0n) is 15.0. The van der Waals surface area contributed by atoms with Crippen molar-refractivity contribution < 1.29 is 23.9 Å². The number of carbonyl (C=O) groups is 3. The molecule has 0 bridgehead atoms. The molecule has 0 heterocycles. The summed E-state index contributed by atoms with van der Waals surface area (Å²) in [6.07, 6.45) is 0.931. The van der Waals surface area contributed by atoms with E-state index in [-0.39, 0.29) is 43.0 Å². The molecule has 2 aliphatic carbocycles. The smallest absolute Gasteiger partial charge is 0.161 e. The maximum atomic E-state index is 13.2. The molecule has 1 aromatic carbocycles. The van der Waals surface area contributed by atoms with Crippen LogP contribution in [-0.2, 0) is 19.8 Å². The second kappa shape index (κ2) is 6.56. The summed E-state index contributed by atoms with van der Waals surface area (Å²) in [4.78, 5) is 37.8. The van der Waals surface area contributed by atoms with E-state index in [1.807, 2.05) is 0 Å². The first-order chi connectivity index (χ1) is 12.4. The van der Waals surface area contributed by atoms with Gasteiger partial charge in [0.2, 0.25) is 0 Å². The Bertz CT molecular complexity index is 806. The molecule has 1 unspecified atom stereocenters. The van der Waals surface area contributed by atoms with Gasteiger partial charge in [-0.05, 0) is 30.5 Å². The van der Waals surface area contributed by atoms with Crippen molar-refractivity contribution in [3.63, 3.8) is 0 Å². The lowest BCUT2D eigenvalue weighted by atomic mass is 9.58. The van der Waals surface area contributed by atoms with Gasteiger partial charge in [0.15, 0.2) is 11.5 Å². The van der Waals surface area contributed by atoms with Crippen molar-refractivity contribution in [1.29, 1.82) is 5.26 Å². The zero-order valence-corrected chi connectivity index (χ0v) is 15.0. The quantitative estimate of drug-likeness (QED) is 0.771. The van der Waals surface area contributed by atoms with Crippen LogP contribution in [0.1, 0.15) is 44.1 Å². The molecule has 0 radical (unpaired) electrons. The summed E-state index contributed by atoms with van der Waals surface area (Å²) in [5.41, 5.74) is -1.52. The first-order valence-corrected chi connectivity index (χ1v) is 8.63. The number of benzene rings is 1. The number of hydrogen-bond acceptors (Lipinski definition) is 6. The van der Waals surface area contributed by atoms with Crippen LogP contribution in [0.3, 0.4) is 0 Å². The lowest BCUT2D eigenvalue weighted by molar-refractivity contribution is -0.145. The highest BCUT2D eigenvalue weighted by Gasteiger charge is 2.58. The number of ether oxygens (including phenoxy) is 2. The first kappa shape index (κ1) is 18.1. The van der Waals surface area contributed by atoms with Crippen LogP contribution < -0.4 is 9.47 Å². The largest absolute Gasteiger partial charge is 0.493 e. The number of methoxy groups -OCH3 is 2. The van der Waals surface area contributed by atoms with Crippen LogP contribution in [-0.4, -0.2) is 31.6 Å². The fourth-order valence-corrected chi connectivity index (χ4v) is 4.30. The topological polar surface area (TPSA) is 93.5 Å². The Balaban J connectivity index is 2.03. The van der Waals surface area contributed by atoms with Crippen molar-refractivity contribution >= 4 is 17.3 Å². The summed E-state index contributed by atoms with van der Waals surface area (Å²) in [6.45, 7) is 0. The van der Waals surface area contributed by atoms with Gasteiger partial charge in [0.05, 0.1) is 37.5 Å². The normalized spacial score (nSPS) is 24.6. The van der Waals surface area contributed by atoms with Gasteiger partial charge in [0.25, 0.3) is 0 Å². The van der Waals surface area contributed by atoms with Gasteiger partial charge >= 0.3 is 0 Å². The van der Waals surface area contributed by atoms with E-state index in [4.69, 9.17) is 9.47 Å². The van der Waals surface area contributed by atoms with E-state index in [1.54, 1.807) is 18.2 Å². The minimum Gasteiger partial charge on any atom is -0.493 e. The fourth-order valence-electron chi connectivity index (χ4n) is 4.30. The predicted octanol–water partition coefficient (Wildman–Crippen LogP) is 2.53. The Labute approximate surface area is 152 Å². The monoisotopic (exact) mass is 355 g/mol.